The van der Waals surface area contributed by atoms with E-state index in [-0.39, 0.29) is 16.3 Å². The summed E-state index contributed by atoms with van der Waals surface area (Å²) < 4.78 is 5.52. The number of nitrogens with zero attached hydrogens (tertiary/aromatic N) is 1. The summed E-state index contributed by atoms with van der Waals surface area (Å²) in [4.78, 5) is 33.8. The van der Waals surface area contributed by atoms with Crippen LogP contribution >= 0.6 is 27.5 Å². The summed E-state index contributed by atoms with van der Waals surface area (Å²) in [5, 5.41) is 13.3. The fraction of sp³-hybridized carbons (Fsp3) is 0.0667. The lowest BCUT2D eigenvalue weighted by Crippen LogP contribution is -2.21. The van der Waals surface area contributed by atoms with Gasteiger partial charge in [0.05, 0.1) is 21.2 Å². The van der Waals surface area contributed by atoms with E-state index in [4.69, 9.17) is 16.3 Å². The smallest absolute Gasteiger partial charge is 0.340 e. The highest BCUT2D eigenvalue weighted by molar-refractivity contribution is 9.10. The Kier molecular flexibility index (Phi) is 5.88. The molecule has 9 heteroatoms. The van der Waals surface area contributed by atoms with Crippen LogP contribution < -0.4 is 5.32 Å². The van der Waals surface area contributed by atoms with E-state index < -0.39 is 23.4 Å². The van der Waals surface area contributed by atoms with Gasteiger partial charge in [-0.05, 0) is 34.1 Å². The third kappa shape index (κ3) is 4.53. The number of rotatable bonds is 5. The predicted molar refractivity (Wildman–Crippen MR) is 91.2 cm³/mol. The van der Waals surface area contributed by atoms with Crippen molar-refractivity contribution >= 4 is 50.8 Å². The molecule has 1 amide bonds. The van der Waals surface area contributed by atoms with Gasteiger partial charge in [-0.15, -0.1) is 0 Å². The molecule has 2 rings (SSSR count). The van der Waals surface area contributed by atoms with Gasteiger partial charge in [-0.1, -0.05) is 23.7 Å². The molecular formula is C15H10BrClN2O5. The minimum Gasteiger partial charge on any atom is -0.452 e. The number of nitro benzene ring substituents is 1. The third-order valence-electron chi connectivity index (χ3n) is 2.86. The molecule has 7 nitrogen and oxygen atoms in total. The summed E-state index contributed by atoms with van der Waals surface area (Å²) in [6.45, 7) is -0.556. The summed E-state index contributed by atoms with van der Waals surface area (Å²) in [6, 6.07) is 10.3. The van der Waals surface area contributed by atoms with Crippen LogP contribution in [-0.4, -0.2) is 23.4 Å². The van der Waals surface area contributed by atoms with Crippen LogP contribution in [0, 0.1) is 10.1 Å². The Bertz CT molecular complexity index is 812. The maximum Gasteiger partial charge on any atom is 0.340 e. The lowest BCUT2D eigenvalue weighted by molar-refractivity contribution is -0.384. The van der Waals surface area contributed by atoms with Crippen LogP contribution in [0.15, 0.2) is 46.9 Å². The van der Waals surface area contributed by atoms with Crippen LogP contribution in [0.3, 0.4) is 0 Å². The Morgan fingerprint density at radius 3 is 2.62 bits per heavy atom. The Labute approximate surface area is 149 Å². The van der Waals surface area contributed by atoms with Crippen molar-refractivity contribution in [2.45, 2.75) is 0 Å². The molecule has 0 unspecified atom stereocenters. The molecule has 0 bridgehead atoms. The number of hydrogen-bond acceptors (Lipinski definition) is 5. The number of benzene rings is 2. The van der Waals surface area contributed by atoms with Gasteiger partial charge in [-0.3, -0.25) is 14.9 Å². The molecular weight excluding hydrogens is 404 g/mol. The van der Waals surface area contributed by atoms with Crippen LogP contribution in [0.5, 0.6) is 0 Å². The molecule has 0 spiro atoms. The summed E-state index contributed by atoms with van der Waals surface area (Å²) in [5.74, 6) is -1.48. The first-order valence-corrected chi connectivity index (χ1v) is 7.71. The molecule has 0 radical (unpaired) electrons. The van der Waals surface area contributed by atoms with Crippen LogP contribution in [0.1, 0.15) is 10.4 Å². The number of nitro groups is 1. The van der Waals surface area contributed by atoms with Crippen molar-refractivity contribution < 1.29 is 19.2 Å². The quantitative estimate of drug-likeness (QED) is 0.456. The number of ether oxygens (including phenoxy) is 1. The van der Waals surface area contributed by atoms with E-state index in [1.165, 1.54) is 12.1 Å². The Morgan fingerprint density at radius 1 is 1.25 bits per heavy atom. The first-order valence-electron chi connectivity index (χ1n) is 6.54. The second-order valence-corrected chi connectivity index (χ2v) is 5.79. The number of amides is 1. The van der Waals surface area contributed by atoms with E-state index in [9.17, 15) is 19.7 Å². The van der Waals surface area contributed by atoms with Crippen molar-refractivity contribution in [1.29, 1.82) is 0 Å². The molecule has 0 fully saturated rings. The van der Waals surface area contributed by atoms with Crippen molar-refractivity contribution in [1.82, 2.24) is 0 Å². The highest BCUT2D eigenvalue weighted by Crippen LogP contribution is 2.23. The van der Waals surface area contributed by atoms with Crippen molar-refractivity contribution in [2.75, 3.05) is 11.9 Å². The molecule has 0 saturated carbocycles. The monoisotopic (exact) mass is 412 g/mol. The number of nitrogens with one attached hydrogen (secondary N) is 1. The number of carbonyl (C=O) groups excluding carboxylic acids is 2. The molecule has 0 aliphatic heterocycles. The average Bonchev–Trinajstić information content (AvgIpc) is 2.55. The van der Waals surface area contributed by atoms with Gasteiger partial charge in [-0.2, -0.15) is 0 Å². The second-order valence-electron chi connectivity index (χ2n) is 4.53. The molecule has 2 aromatic rings. The molecule has 0 aromatic heterocycles. The highest BCUT2D eigenvalue weighted by Gasteiger charge is 2.18. The minimum atomic E-state index is -0.925. The fourth-order valence-corrected chi connectivity index (χ4v) is 2.32. The number of esters is 1. The lowest BCUT2D eigenvalue weighted by atomic mass is 10.2. The van der Waals surface area contributed by atoms with Crippen LogP contribution in [0.4, 0.5) is 11.4 Å². The molecule has 0 aliphatic rings. The normalized spacial score (nSPS) is 10.1. The van der Waals surface area contributed by atoms with E-state index in [1.807, 2.05) is 0 Å². The van der Waals surface area contributed by atoms with E-state index in [0.717, 1.165) is 6.07 Å². The Morgan fingerprint density at radius 2 is 1.96 bits per heavy atom. The molecule has 0 saturated heterocycles. The molecule has 24 heavy (non-hydrogen) atoms. The van der Waals surface area contributed by atoms with Gasteiger partial charge in [0.1, 0.15) is 0 Å². The molecule has 124 valence electrons. The first kappa shape index (κ1) is 17.9. The molecule has 0 heterocycles. The van der Waals surface area contributed by atoms with Gasteiger partial charge < -0.3 is 10.1 Å². The Balaban J connectivity index is 2.00. The summed E-state index contributed by atoms with van der Waals surface area (Å²) in [7, 11) is 0. The molecule has 0 atom stereocenters. The lowest BCUT2D eigenvalue weighted by Gasteiger charge is -2.08. The number of anilines is 1. The average molecular weight is 414 g/mol. The fourth-order valence-electron chi connectivity index (χ4n) is 1.74. The first-order chi connectivity index (χ1) is 11.4. The van der Waals surface area contributed by atoms with Gasteiger partial charge in [0, 0.05) is 16.6 Å². The largest absolute Gasteiger partial charge is 0.452 e. The Hall–Kier alpha value is -2.45. The zero-order valence-electron chi connectivity index (χ0n) is 12.0. The number of non-ortho nitro benzene ring substituents is 1. The van der Waals surface area contributed by atoms with Crippen molar-refractivity contribution in [3.63, 3.8) is 0 Å². The third-order valence-corrected chi connectivity index (χ3v) is 3.88. The summed E-state index contributed by atoms with van der Waals surface area (Å²) >= 11 is 9.10. The van der Waals surface area contributed by atoms with Crippen molar-refractivity contribution in [3.05, 3.63) is 67.6 Å². The molecule has 1 N–H and O–H groups in total. The van der Waals surface area contributed by atoms with E-state index in [0.29, 0.717) is 10.2 Å². The van der Waals surface area contributed by atoms with E-state index >= 15 is 0 Å². The number of halogens is 2. The molecule has 2 aromatic carbocycles. The number of carbonyl (C=O) groups is 2. The maximum absolute atomic E-state index is 11.9. The summed E-state index contributed by atoms with van der Waals surface area (Å²) in [6.07, 6.45) is 0. The zero-order valence-corrected chi connectivity index (χ0v) is 14.3. The minimum absolute atomic E-state index is 0.00295. The number of hydrogen-bond donors (Lipinski definition) is 1. The van der Waals surface area contributed by atoms with Crippen molar-refractivity contribution in [2.24, 2.45) is 0 Å². The van der Waals surface area contributed by atoms with Gasteiger partial charge >= 0.3 is 5.97 Å². The standard InChI is InChI=1S/C15H10BrClN2O5/c16-11-3-1-2-4-13(11)18-14(20)8-24-15(21)10-7-9(19(22)23)5-6-12(10)17/h1-7H,8H2,(H,18,20). The van der Waals surface area contributed by atoms with Gasteiger partial charge in [0.25, 0.3) is 11.6 Å². The zero-order chi connectivity index (χ0) is 17.7. The van der Waals surface area contributed by atoms with E-state index in [1.54, 1.807) is 24.3 Å². The molecule has 0 aliphatic carbocycles. The van der Waals surface area contributed by atoms with Crippen LogP contribution in [0.2, 0.25) is 5.02 Å². The summed E-state index contributed by atoms with van der Waals surface area (Å²) in [5.41, 5.74) is 0.0375. The van der Waals surface area contributed by atoms with Gasteiger partial charge in [-0.25, -0.2) is 4.79 Å². The van der Waals surface area contributed by atoms with Gasteiger partial charge in [0.15, 0.2) is 6.61 Å². The SMILES string of the molecule is O=C(COC(=O)c1cc([N+](=O)[O-])ccc1Cl)Nc1ccccc1Br. The maximum atomic E-state index is 11.9. The predicted octanol–water partition coefficient (Wildman–Crippen LogP) is 3.81. The second kappa shape index (κ2) is 7.89. The van der Waals surface area contributed by atoms with Crippen LogP contribution in [0.25, 0.3) is 0 Å². The topological polar surface area (TPSA) is 98.5 Å². The van der Waals surface area contributed by atoms with E-state index in [2.05, 4.69) is 21.2 Å². The number of para-hydroxylation sites is 1. The van der Waals surface area contributed by atoms with Crippen LogP contribution in [-0.2, 0) is 9.53 Å². The van der Waals surface area contributed by atoms with Crippen molar-refractivity contribution in [3.8, 4) is 0 Å². The van der Waals surface area contributed by atoms with Gasteiger partial charge in [0.2, 0.25) is 0 Å². The highest BCUT2D eigenvalue weighted by atomic mass is 79.9.